The van der Waals surface area contributed by atoms with Gasteiger partial charge in [-0.3, -0.25) is 0 Å². The molecule has 25 heavy (non-hydrogen) atoms. The third-order valence-electron chi connectivity index (χ3n) is 3.23. The van der Waals surface area contributed by atoms with Gasteiger partial charge in [-0.1, -0.05) is 0 Å². The van der Waals surface area contributed by atoms with Gasteiger partial charge in [-0.25, -0.2) is 9.59 Å². The molecule has 0 saturated heterocycles. The van der Waals surface area contributed by atoms with Crippen molar-refractivity contribution in [1.82, 2.24) is 4.90 Å². The average molecular weight is 456 g/mol. The van der Waals surface area contributed by atoms with E-state index >= 15 is 0 Å². The molecular formula is C18H21IN2O4. The lowest BCUT2D eigenvalue weighted by Crippen LogP contribution is -3.00. The van der Waals surface area contributed by atoms with Crippen molar-refractivity contribution >= 4 is 12.1 Å². The predicted octanol–water partition coefficient (Wildman–Crippen LogP) is -0.736. The Morgan fingerprint density at radius 1 is 1.12 bits per heavy atom. The highest BCUT2D eigenvalue weighted by atomic mass is 127. The summed E-state index contributed by atoms with van der Waals surface area (Å²) in [4.78, 5) is 24.6. The van der Waals surface area contributed by atoms with E-state index < -0.39 is 6.09 Å². The van der Waals surface area contributed by atoms with Gasteiger partial charge in [0.1, 0.15) is 11.3 Å². The highest BCUT2D eigenvalue weighted by Crippen LogP contribution is 2.13. The molecule has 6 nitrogen and oxygen atoms in total. The molecule has 1 aromatic carbocycles. The van der Waals surface area contributed by atoms with Crippen molar-refractivity contribution in [3.05, 3.63) is 59.9 Å². The van der Waals surface area contributed by atoms with Crippen molar-refractivity contribution < 1.29 is 47.6 Å². The number of esters is 1. The number of pyridine rings is 1. The van der Waals surface area contributed by atoms with Crippen molar-refractivity contribution in [2.75, 3.05) is 20.7 Å². The first kappa shape index (κ1) is 20.9. The van der Waals surface area contributed by atoms with Crippen LogP contribution in [0.3, 0.4) is 0 Å². The highest BCUT2D eigenvalue weighted by molar-refractivity contribution is 5.88. The van der Waals surface area contributed by atoms with Crippen LogP contribution in [0, 0.1) is 0 Å². The smallest absolute Gasteiger partial charge is 0.414 e. The summed E-state index contributed by atoms with van der Waals surface area (Å²) in [5.41, 5.74) is 1.53. The SMILES string of the molecule is CCOC(=O)c1ccc[n+](Cc2ccc(OC(=O)N(C)C)cc2)c1.[I-]. The van der Waals surface area contributed by atoms with E-state index in [1.165, 1.54) is 4.90 Å². The molecule has 2 aromatic rings. The molecule has 0 fully saturated rings. The average Bonchev–Trinajstić information content (AvgIpc) is 2.57. The topological polar surface area (TPSA) is 59.7 Å². The number of ether oxygens (including phenoxy) is 2. The Labute approximate surface area is 164 Å². The maximum Gasteiger partial charge on any atom is 0.414 e. The van der Waals surface area contributed by atoms with Gasteiger partial charge < -0.3 is 38.4 Å². The number of nitrogens with zero attached hydrogens (tertiary/aromatic N) is 2. The van der Waals surface area contributed by atoms with Gasteiger partial charge in [-0.2, -0.15) is 4.57 Å². The van der Waals surface area contributed by atoms with E-state index in [1.54, 1.807) is 51.5 Å². The molecule has 0 aliphatic heterocycles. The highest BCUT2D eigenvalue weighted by Gasteiger charge is 2.12. The molecule has 1 aromatic heterocycles. The predicted molar refractivity (Wildman–Crippen MR) is 87.8 cm³/mol. The number of benzene rings is 1. The number of rotatable bonds is 5. The van der Waals surface area contributed by atoms with Gasteiger partial charge in [0.2, 0.25) is 0 Å². The summed E-state index contributed by atoms with van der Waals surface area (Å²) in [7, 11) is 3.26. The van der Waals surface area contributed by atoms with Crippen LogP contribution in [0.5, 0.6) is 5.75 Å². The monoisotopic (exact) mass is 456 g/mol. The summed E-state index contributed by atoms with van der Waals surface area (Å²) in [5.74, 6) is 0.153. The fourth-order valence-corrected chi connectivity index (χ4v) is 2.02. The summed E-state index contributed by atoms with van der Waals surface area (Å²) >= 11 is 0. The number of aromatic nitrogens is 1. The van der Waals surface area contributed by atoms with Gasteiger partial charge >= 0.3 is 12.1 Å². The molecule has 1 amide bonds. The Kier molecular flexibility index (Phi) is 8.33. The van der Waals surface area contributed by atoms with Crippen molar-refractivity contribution in [3.63, 3.8) is 0 Å². The maximum absolute atomic E-state index is 11.8. The van der Waals surface area contributed by atoms with E-state index in [2.05, 4.69) is 0 Å². The lowest BCUT2D eigenvalue weighted by atomic mass is 10.2. The van der Waals surface area contributed by atoms with Crippen molar-refractivity contribution in [2.45, 2.75) is 13.5 Å². The van der Waals surface area contributed by atoms with Crippen molar-refractivity contribution in [1.29, 1.82) is 0 Å². The Morgan fingerprint density at radius 2 is 1.80 bits per heavy atom. The zero-order chi connectivity index (χ0) is 17.5. The minimum Gasteiger partial charge on any atom is -1.00 e. The minimum absolute atomic E-state index is 0. The van der Waals surface area contributed by atoms with E-state index in [1.807, 2.05) is 22.9 Å². The van der Waals surface area contributed by atoms with Gasteiger partial charge in [-0.05, 0) is 37.3 Å². The van der Waals surface area contributed by atoms with Gasteiger partial charge in [0, 0.05) is 25.7 Å². The van der Waals surface area contributed by atoms with Crippen LogP contribution in [0.4, 0.5) is 4.79 Å². The molecule has 0 spiro atoms. The first-order valence-electron chi connectivity index (χ1n) is 7.64. The summed E-state index contributed by atoms with van der Waals surface area (Å²) in [6.45, 7) is 2.72. The fourth-order valence-electron chi connectivity index (χ4n) is 2.02. The van der Waals surface area contributed by atoms with E-state index in [-0.39, 0.29) is 29.9 Å². The molecule has 0 N–H and O–H groups in total. The molecule has 0 radical (unpaired) electrons. The molecule has 2 rings (SSSR count). The Morgan fingerprint density at radius 3 is 2.40 bits per heavy atom. The fraction of sp³-hybridized carbons (Fsp3) is 0.278. The molecule has 0 saturated carbocycles. The van der Waals surface area contributed by atoms with Crippen LogP contribution >= 0.6 is 0 Å². The Bertz CT molecular complexity index is 717. The normalized spacial score (nSPS) is 9.72. The number of hydrogen-bond acceptors (Lipinski definition) is 4. The van der Waals surface area contributed by atoms with Crippen LogP contribution in [-0.4, -0.2) is 37.7 Å². The quantitative estimate of drug-likeness (QED) is 0.338. The van der Waals surface area contributed by atoms with Crippen molar-refractivity contribution in [3.8, 4) is 5.75 Å². The second kappa shape index (κ2) is 9.97. The molecule has 0 unspecified atom stereocenters. The third kappa shape index (κ3) is 6.33. The third-order valence-corrected chi connectivity index (χ3v) is 3.23. The minimum atomic E-state index is -0.417. The number of carbonyl (C=O) groups is 2. The van der Waals surface area contributed by atoms with Crippen LogP contribution < -0.4 is 33.3 Å². The van der Waals surface area contributed by atoms with Gasteiger partial charge in [0.25, 0.3) is 0 Å². The first-order valence-corrected chi connectivity index (χ1v) is 7.64. The van der Waals surface area contributed by atoms with E-state index in [0.29, 0.717) is 24.5 Å². The standard InChI is InChI=1S/C18H21N2O4.HI/c1-4-23-17(21)15-6-5-11-20(13-15)12-14-7-9-16(10-8-14)24-18(22)19(2)3;/h5-11,13H,4,12H2,1-3H3;1H/q+1;/p-1. The molecule has 0 bridgehead atoms. The zero-order valence-corrected chi connectivity index (χ0v) is 16.6. The summed E-state index contributed by atoms with van der Waals surface area (Å²) in [6.07, 6.45) is 3.21. The molecule has 7 heteroatoms. The second-order valence-electron chi connectivity index (χ2n) is 5.39. The molecule has 0 aliphatic carbocycles. The number of halogens is 1. The van der Waals surface area contributed by atoms with Gasteiger partial charge in [-0.15, -0.1) is 0 Å². The molecule has 0 aliphatic rings. The van der Waals surface area contributed by atoms with Crippen LogP contribution in [-0.2, 0) is 11.3 Å². The number of hydrogen-bond donors (Lipinski definition) is 0. The van der Waals surface area contributed by atoms with E-state index in [9.17, 15) is 9.59 Å². The second-order valence-corrected chi connectivity index (χ2v) is 5.39. The van der Waals surface area contributed by atoms with Crippen molar-refractivity contribution in [2.24, 2.45) is 0 Å². The van der Waals surface area contributed by atoms with Crippen LogP contribution in [0.2, 0.25) is 0 Å². The summed E-state index contributed by atoms with van der Waals surface area (Å²) < 4.78 is 12.1. The lowest BCUT2D eigenvalue weighted by Gasteiger charge is -2.10. The molecule has 1 heterocycles. The first-order chi connectivity index (χ1) is 11.5. The van der Waals surface area contributed by atoms with Crippen LogP contribution in [0.1, 0.15) is 22.8 Å². The lowest BCUT2D eigenvalue weighted by molar-refractivity contribution is -0.688. The molecular weight excluding hydrogens is 435 g/mol. The summed E-state index contributed by atoms with van der Waals surface area (Å²) in [5, 5.41) is 0. The Balaban J connectivity index is 0.00000312. The number of carbonyl (C=O) groups excluding carboxylic acids is 2. The Hall–Kier alpha value is -2.16. The van der Waals surface area contributed by atoms with Crippen LogP contribution in [0.15, 0.2) is 48.8 Å². The molecule has 0 atom stereocenters. The summed E-state index contributed by atoms with van der Waals surface area (Å²) in [6, 6.07) is 10.8. The van der Waals surface area contributed by atoms with Crippen LogP contribution in [0.25, 0.3) is 0 Å². The molecule has 134 valence electrons. The number of amides is 1. The van der Waals surface area contributed by atoms with Gasteiger partial charge in [0.05, 0.1) is 6.61 Å². The van der Waals surface area contributed by atoms with E-state index in [4.69, 9.17) is 9.47 Å². The van der Waals surface area contributed by atoms with Gasteiger partial charge in [0.15, 0.2) is 18.9 Å². The maximum atomic E-state index is 11.8. The zero-order valence-electron chi connectivity index (χ0n) is 14.4. The largest absolute Gasteiger partial charge is 1.00 e. The van der Waals surface area contributed by atoms with E-state index in [0.717, 1.165) is 5.56 Å².